The molecule has 0 spiro atoms. The molecule has 0 saturated heterocycles. The van der Waals surface area contributed by atoms with E-state index in [1.807, 2.05) is 0 Å². The average Bonchev–Trinajstić information content (AvgIpc) is 2.73. The second kappa shape index (κ2) is 12.4. The van der Waals surface area contributed by atoms with E-state index in [1.54, 1.807) is 30.3 Å². The second-order valence-electron chi connectivity index (χ2n) is 7.32. The molecule has 0 aliphatic heterocycles. The third-order valence-electron chi connectivity index (χ3n) is 4.72. The third-order valence-corrected chi connectivity index (χ3v) is 5.24. The molecule has 0 saturated carbocycles. The number of thiol groups is 2. The number of carboxylic acids is 1. The molecular weight excluding hydrogens is 450 g/mol. The van der Waals surface area contributed by atoms with Gasteiger partial charge in [-0.25, -0.2) is 4.79 Å². The highest BCUT2D eigenvalue weighted by Crippen LogP contribution is 2.17. The number of hydrogen-bond donors (Lipinski definition) is 7. The summed E-state index contributed by atoms with van der Waals surface area (Å²) in [6.07, 6.45) is 1.56. The Morgan fingerprint density at radius 3 is 2.12 bits per heavy atom. The van der Waals surface area contributed by atoms with Gasteiger partial charge in [0.05, 0.1) is 0 Å². The zero-order chi connectivity index (χ0) is 23.7. The zero-order valence-electron chi connectivity index (χ0n) is 17.3. The first-order valence-electron chi connectivity index (χ1n) is 10.0. The predicted octanol–water partition coefficient (Wildman–Crippen LogP) is 2.01. The Labute approximate surface area is 197 Å². The van der Waals surface area contributed by atoms with Crippen LogP contribution in [0.5, 0.6) is 5.75 Å². The van der Waals surface area contributed by atoms with E-state index in [9.17, 15) is 24.6 Å². The molecule has 172 valence electrons. The molecule has 2 amide bonds. The van der Waals surface area contributed by atoms with Gasteiger partial charge in [-0.3, -0.25) is 9.59 Å². The van der Waals surface area contributed by atoms with E-state index in [1.165, 1.54) is 12.1 Å². The van der Waals surface area contributed by atoms with Gasteiger partial charge in [-0.1, -0.05) is 12.1 Å². The van der Waals surface area contributed by atoms with Crippen LogP contribution in [-0.4, -0.2) is 46.6 Å². The molecule has 0 aliphatic rings. The van der Waals surface area contributed by atoms with Crippen LogP contribution in [0.3, 0.4) is 0 Å². The summed E-state index contributed by atoms with van der Waals surface area (Å²) in [5.74, 6) is -2.24. The van der Waals surface area contributed by atoms with Gasteiger partial charge >= 0.3 is 5.97 Å². The zero-order valence-corrected chi connectivity index (χ0v) is 19.1. The van der Waals surface area contributed by atoms with Crippen LogP contribution in [0.15, 0.2) is 52.3 Å². The number of aliphatic carboxylic acids is 1. The minimum absolute atomic E-state index is 0.0233. The fraction of sp³-hybridized carbons (Fsp3) is 0.318. The lowest BCUT2D eigenvalue weighted by atomic mass is 10.0. The maximum atomic E-state index is 12.9. The average molecular weight is 478 g/mol. The maximum absolute atomic E-state index is 12.9. The number of carbonyl (C=O) groups is 3. The molecule has 0 unspecified atom stereocenters. The summed E-state index contributed by atoms with van der Waals surface area (Å²) in [6.45, 7) is 0.436. The van der Waals surface area contributed by atoms with Crippen LogP contribution in [0.25, 0.3) is 0 Å². The Balaban J connectivity index is 2.14. The van der Waals surface area contributed by atoms with Crippen LogP contribution < -0.4 is 16.4 Å². The standard InChI is InChI=1S/C22H27N3O5S2/c23-8-2-1-3-18(24-20(27)14-10-16(31)12-17(32)11-14)21(28)25-19(22(29)30)9-13-4-6-15(26)7-5-13/h4-7,10-12,18-19,26,31-32H,1-3,8-9,23H2,(H,24,27)(H,25,28)(H,29,30)/t18-,19-/m0/s1. The maximum Gasteiger partial charge on any atom is 0.326 e. The normalized spacial score (nSPS) is 12.6. The number of benzene rings is 2. The van der Waals surface area contributed by atoms with Gasteiger partial charge in [0.1, 0.15) is 17.8 Å². The third kappa shape index (κ3) is 8.10. The van der Waals surface area contributed by atoms with Gasteiger partial charge in [-0.05, 0) is 61.7 Å². The number of phenols is 1. The number of unbranched alkanes of at least 4 members (excludes halogenated alkanes) is 1. The lowest BCUT2D eigenvalue weighted by Crippen LogP contribution is -2.52. The smallest absolute Gasteiger partial charge is 0.326 e. The number of amides is 2. The SMILES string of the molecule is NCCCC[C@H](NC(=O)c1cc(S)cc(S)c1)C(=O)N[C@@H](Cc1ccc(O)cc1)C(=O)O. The molecule has 32 heavy (non-hydrogen) atoms. The van der Waals surface area contributed by atoms with Crippen molar-refractivity contribution >= 4 is 43.0 Å². The van der Waals surface area contributed by atoms with Crippen molar-refractivity contribution in [2.45, 2.75) is 47.6 Å². The van der Waals surface area contributed by atoms with Gasteiger partial charge in [0.2, 0.25) is 5.91 Å². The van der Waals surface area contributed by atoms with Gasteiger partial charge in [0.25, 0.3) is 5.91 Å². The van der Waals surface area contributed by atoms with E-state index in [0.29, 0.717) is 41.2 Å². The molecule has 2 atom stereocenters. The van der Waals surface area contributed by atoms with E-state index < -0.39 is 29.9 Å². The molecule has 2 aromatic carbocycles. The van der Waals surface area contributed by atoms with E-state index in [4.69, 9.17) is 5.73 Å². The number of nitrogens with two attached hydrogens (primary N) is 1. The molecule has 0 bridgehead atoms. The van der Waals surface area contributed by atoms with E-state index in [0.717, 1.165) is 0 Å². The van der Waals surface area contributed by atoms with Crippen molar-refractivity contribution in [1.82, 2.24) is 10.6 Å². The highest BCUT2D eigenvalue weighted by molar-refractivity contribution is 7.81. The van der Waals surface area contributed by atoms with Crippen LogP contribution in [0, 0.1) is 0 Å². The van der Waals surface area contributed by atoms with Crippen molar-refractivity contribution in [1.29, 1.82) is 0 Å². The summed E-state index contributed by atoms with van der Waals surface area (Å²) >= 11 is 8.47. The van der Waals surface area contributed by atoms with Gasteiger partial charge in [-0.15, -0.1) is 25.3 Å². The van der Waals surface area contributed by atoms with Gasteiger partial charge < -0.3 is 26.6 Å². The van der Waals surface area contributed by atoms with Crippen molar-refractivity contribution in [3.8, 4) is 5.75 Å². The van der Waals surface area contributed by atoms with Crippen molar-refractivity contribution in [3.05, 3.63) is 53.6 Å². The molecule has 6 N–H and O–H groups in total. The number of phenolic OH excluding ortho intramolecular Hbond substituents is 1. The first-order valence-corrected chi connectivity index (χ1v) is 10.9. The number of aromatic hydroxyl groups is 1. The quantitative estimate of drug-likeness (QED) is 0.195. The summed E-state index contributed by atoms with van der Waals surface area (Å²) in [5, 5.41) is 24.1. The molecule has 0 aliphatic carbocycles. The fourth-order valence-electron chi connectivity index (χ4n) is 3.07. The van der Waals surface area contributed by atoms with Crippen LogP contribution in [0.2, 0.25) is 0 Å². The number of carboxylic acid groups (broad SMARTS) is 1. The summed E-state index contributed by atoms with van der Waals surface area (Å²) in [5.41, 5.74) is 6.45. The number of rotatable bonds is 11. The summed E-state index contributed by atoms with van der Waals surface area (Å²) < 4.78 is 0. The highest BCUT2D eigenvalue weighted by Gasteiger charge is 2.27. The molecule has 2 rings (SSSR count). The molecule has 0 aromatic heterocycles. The molecule has 10 heteroatoms. The fourth-order valence-corrected chi connectivity index (χ4v) is 3.73. The van der Waals surface area contributed by atoms with E-state index in [-0.39, 0.29) is 17.7 Å². The van der Waals surface area contributed by atoms with E-state index in [2.05, 4.69) is 35.9 Å². The first kappa shape index (κ1) is 25.6. The van der Waals surface area contributed by atoms with Crippen LogP contribution in [-0.2, 0) is 16.0 Å². The van der Waals surface area contributed by atoms with Crippen LogP contribution in [0.4, 0.5) is 0 Å². The van der Waals surface area contributed by atoms with Crippen molar-refractivity contribution in [2.24, 2.45) is 5.73 Å². The summed E-state index contributed by atoms with van der Waals surface area (Å²) in [6, 6.07) is 8.68. The first-order chi connectivity index (χ1) is 15.2. The van der Waals surface area contributed by atoms with Crippen LogP contribution in [0.1, 0.15) is 35.2 Å². The molecule has 0 fully saturated rings. The molecule has 0 heterocycles. The highest BCUT2D eigenvalue weighted by atomic mass is 32.1. The Bertz CT molecular complexity index is 933. The Kier molecular flexibility index (Phi) is 9.89. The number of hydrogen-bond acceptors (Lipinski definition) is 7. The Morgan fingerprint density at radius 1 is 0.938 bits per heavy atom. The van der Waals surface area contributed by atoms with Gasteiger partial charge in [0.15, 0.2) is 0 Å². The Morgan fingerprint density at radius 2 is 1.56 bits per heavy atom. The summed E-state index contributed by atoms with van der Waals surface area (Å²) in [4.78, 5) is 38.4. The second-order valence-corrected chi connectivity index (χ2v) is 8.35. The molecule has 8 nitrogen and oxygen atoms in total. The molecule has 0 radical (unpaired) electrons. The minimum Gasteiger partial charge on any atom is -0.508 e. The van der Waals surface area contributed by atoms with Crippen LogP contribution >= 0.6 is 25.3 Å². The molecular formula is C22H27N3O5S2. The largest absolute Gasteiger partial charge is 0.508 e. The monoisotopic (exact) mass is 477 g/mol. The molecule has 2 aromatic rings. The predicted molar refractivity (Wildman–Crippen MR) is 126 cm³/mol. The number of carbonyl (C=O) groups excluding carboxylic acids is 2. The Hall–Kier alpha value is -2.69. The van der Waals surface area contributed by atoms with Gasteiger partial charge in [-0.2, -0.15) is 0 Å². The topological polar surface area (TPSA) is 142 Å². The minimum atomic E-state index is -1.21. The van der Waals surface area contributed by atoms with Crippen molar-refractivity contribution < 1.29 is 24.6 Å². The lowest BCUT2D eigenvalue weighted by molar-refractivity contribution is -0.142. The summed E-state index contributed by atoms with van der Waals surface area (Å²) in [7, 11) is 0. The van der Waals surface area contributed by atoms with Crippen molar-refractivity contribution in [3.63, 3.8) is 0 Å². The van der Waals surface area contributed by atoms with Gasteiger partial charge in [0, 0.05) is 21.8 Å². The van der Waals surface area contributed by atoms with Crippen molar-refractivity contribution in [2.75, 3.05) is 6.54 Å². The van der Waals surface area contributed by atoms with E-state index >= 15 is 0 Å². The number of nitrogens with one attached hydrogen (secondary N) is 2. The lowest BCUT2D eigenvalue weighted by Gasteiger charge is -2.22.